The molecule has 3 aromatic rings. The molecule has 108 valence electrons. The van der Waals surface area contributed by atoms with E-state index in [9.17, 15) is 0 Å². The van der Waals surface area contributed by atoms with Crippen LogP contribution in [0.5, 0.6) is 0 Å². The Morgan fingerprint density at radius 1 is 1.29 bits per heavy atom. The predicted molar refractivity (Wildman–Crippen MR) is 82.4 cm³/mol. The lowest BCUT2D eigenvalue weighted by molar-refractivity contribution is 0.393. The third-order valence-electron chi connectivity index (χ3n) is 4.35. The van der Waals surface area contributed by atoms with Crippen molar-refractivity contribution >= 4 is 11.0 Å². The Morgan fingerprint density at radius 3 is 2.71 bits per heavy atom. The molecule has 1 saturated carbocycles. The van der Waals surface area contributed by atoms with Gasteiger partial charge in [-0.1, -0.05) is 12.1 Å². The van der Waals surface area contributed by atoms with Crippen molar-refractivity contribution in [2.24, 2.45) is 0 Å². The zero-order chi connectivity index (χ0) is 14.6. The molecule has 0 bridgehead atoms. The molecule has 21 heavy (non-hydrogen) atoms. The molecule has 0 atom stereocenters. The lowest BCUT2D eigenvalue weighted by Crippen LogP contribution is -1.88. The summed E-state index contributed by atoms with van der Waals surface area (Å²) in [4.78, 5) is 8.33. The fourth-order valence-corrected chi connectivity index (χ4v) is 3.07. The third kappa shape index (κ3) is 1.97. The first-order valence-electron chi connectivity index (χ1n) is 7.63. The Morgan fingerprint density at radius 2 is 2.10 bits per heavy atom. The number of aromatic amines is 1. The monoisotopic (exact) mass is 281 g/mol. The molecule has 2 heterocycles. The second kappa shape index (κ2) is 4.45. The summed E-state index contributed by atoms with van der Waals surface area (Å²) in [5.41, 5.74) is 6.75. The van der Waals surface area contributed by atoms with E-state index < -0.39 is 0 Å². The van der Waals surface area contributed by atoms with Gasteiger partial charge >= 0.3 is 0 Å². The standard InChI is InChI=1S/C17H19N3O/c1-4-11-7-13(15-9(2)20-21-10(15)3)8-14-16(11)19-17(18-14)12-5-6-12/h7-8,12H,4-6H2,1-3H3,(H,18,19). The minimum absolute atomic E-state index is 0.643. The summed E-state index contributed by atoms with van der Waals surface area (Å²) in [7, 11) is 0. The normalized spacial score (nSPS) is 15.0. The molecule has 1 aliphatic carbocycles. The molecule has 0 radical (unpaired) electrons. The van der Waals surface area contributed by atoms with Crippen molar-refractivity contribution in [2.45, 2.75) is 46.0 Å². The van der Waals surface area contributed by atoms with E-state index in [1.807, 2.05) is 13.8 Å². The number of rotatable bonds is 3. The molecule has 1 aliphatic rings. The number of hydrogen-bond acceptors (Lipinski definition) is 3. The molecule has 0 spiro atoms. The molecular formula is C17H19N3O. The Kier molecular flexibility index (Phi) is 2.67. The average Bonchev–Trinajstić information content (AvgIpc) is 3.15. The first-order chi connectivity index (χ1) is 10.2. The second-order valence-corrected chi connectivity index (χ2v) is 5.98. The second-order valence-electron chi connectivity index (χ2n) is 5.98. The van der Waals surface area contributed by atoms with Crippen molar-refractivity contribution < 1.29 is 4.52 Å². The molecule has 1 fully saturated rings. The highest BCUT2D eigenvalue weighted by Crippen LogP contribution is 2.40. The average molecular weight is 281 g/mol. The van der Waals surface area contributed by atoms with Gasteiger partial charge in [0.1, 0.15) is 11.6 Å². The van der Waals surface area contributed by atoms with Gasteiger partial charge in [0.15, 0.2) is 0 Å². The maximum absolute atomic E-state index is 5.31. The Balaban J connectivity index is 1.94. The summed E-state index contributed by atoms with van der Waals surface area (Å²) in [6.07, 6.45) is 3.50. The molecule has 4 heteroatoms. The van der Waals surface area contributed by atoms with Crippen molar-refractivity contribution in [1.82, 2.24) is 15.1 Å². The number of fused-ring (bicyclic) bond motifs is 1. The summed E-state index contributed by atoms with van der Waals surface area (Å²) in [6, 6.07) is 4.41. The highest BCUT2D eigenvalue weighted by atomic mass is 16.5. The largest absolute Gasteiger partial charge is 0.361 e. The van der Waals surface area contributed by atoms with Crippen LogP contribution in [-0.4, -0.2) is 15.1 Å². The first kappa shape index (κ1) is 12.6. The van der Waals surface area contributed by atoms with Crippen LogP contribution in [0.2, 0.25) is 0 Å². The number of benzene rings is 1. The minimum atomic E-state index is 0.643. The summed E-state index contributed by atoms with van der Waals surface area (Å²) < 4.78 is 5.31. The van der Waals surface area contributed by atoms with E-state index >= 15 is 0 Å². The van der Waals surface area contributed by atoms with E-state index in [-0.39, 0.29) is 0 Å². The van der Waals surface area contributed by atoms with Crippen LogP contribution in [0.1, 0.15) is 48.5 Å². The Hall–Kier alpha value is -2.10. The quantitative estimate of drug-likeness (QED) is 0.779. The van der Waals surface area contributed by atoms with Gasteiger partial charge in [0.05, 0.1) is 16.7 Å². The molecule has 1 N–H and O–H groups in total. The van der Waals surface area contributed by atoms with Crippen molar-refractivity contribution in [1.29, 1.82) is 0 Å². The summed E-state index contributed by atoms with van der Waals surface area (Å²) in [5, 5.41) is 4.07. The van der Waals surface area contributed by atoms with Crippen molar-refractivity contribution in [3.05, 3.63) is 35.0 Å². The van der Waals surface area contributed by atoms with E-state index in [2.05, 4.69) is 29.2 Å². The fourth-order valence-electron chi connectivity index (χ4n) is 3.07. The third-order valence-corrected chi connectivity index (χ3v) is 4.35. The summed E-state index contributed by atoms with van der Waals surface area (Å²) in [6.45, 7) is 6.13. The van der Waals surface area contributed by atoms with Gasteiger partial charge in [-0.15, -0.1) is 0 Å². The lowest BCUT2D eigenvalue weighted by atomic mass is 9.99. The van der Waals surface area contributed by atoms with Gasteiger partial charge in [-0.2, -0.15) is 0 Å². The number of nitrogens with one attached hydrogen (secondary N) is 1. The maximum Gasteiger partial charge on any atom is 0.141 e. The number of aromatic nitrogens is 3. The Bertz CT molecular complexity index is 805. The number of hydrogen-bond donors (Lipinski definition) is 1. The maximum atomic E-state index is 5.31. The number of imidazole rings is 1. The highest BCUT2D eigenvalue weighted by molar-refractivity contribution is 5.86. The molecule has 0 saturated heterocycles. The van der Waals surface area contributed by atoms with E-state index in [0.717, 1.165) is 40.3 Å². The molecule has 4 nitrogen and oxygen atoms in total. The van der Waals surface area contributed by atoms with E-state index in [4.69, 9.17) is 9.51 Å². The van der Waals surface area contributed by atoms with Gasteiger partial charge in [-0.05, 0) is 56.4 Å². The molecule has 2 aromatic heterocycles. The van der Waals surface area contributed by atoms with Crippen LogP contribution in [0.3, 0.4) is 0 Å². The number of nitrogens with zero attached hydrogens (tertiary/aromatic N) is 2. The van der Waals surface area contributed by atoms with Crippen LogP contribution >= 0.6 is 0 Å². The molecule has 0 amide bonds. The van der Waals surface area contributed by atoms with Crippen LogP contribution in [0, 0.1) is 13.8 Å². The summed E-state index contributed by atoms with van der Waals surface area (Å²) in [5.74, 6) is 2.66. The molecule has 4 rings (SSSR count). The smallest absolute Gasteiger partial charge is 0.141 e. The molecule has 0 aliphatic heterocycles. The SMILES string of the molecule is CCc1cc(-c2c(C)noc2C)cc2[nH]c(C3CC3)nc12. The highest BCUT2D eigenvalue weighted by Gasteiger charge is 2.27. The van der Waals surface area contributed by atoms with Gasteiger partial charge in [-0.25, -0.2) is 4.98 Å². The van der Waals surface area contributed by atoms with E-state index in [1.165, 1.54) is 24.0 Å². The molecule has 0 unspecified atom stereocenters. The van der Waals surface area contributed by atoms with Gasteiger partial charge in [0.2, 0.25) is 0 Å². The molecule has 1 aromatic carbocycles. The van der Waals surface area contributed by atoms with Gasteiger partial charge in [-0.3, -0.25) is 0 Å². The Labute approximate surface area is 123 Å². The van der Waals surface area contributed by atoms with Crippen LogP contribution in [0.4, 0.5) is 0 Å². The molecular weight excluding hydrogens is 262 g/mol. The minimum Gasteiger partial charge on any atom is -0.361 e. The van der Waals surface area contributed by atoms with Crippen LogP contribution < -0.4 is 0 Å². The van der Waals surface area contributed by atoms with E-state index in [1.54, 1.807) is 0 Å². The van der Waals surface area contributed by atoms with Crippen LogP contribution in [0.25, 0.3) is 22.2 Å². The summed E-state index contributed by atoms with van der Waals surface area (Å²) >= 11 is 0. The van der Waals surface area contributed by atoms with E-state index in [0.29, 0.717) is 5.92 Å². The zero-order valence-corrected chi connectivity index (χ0v) is 12.7. The van der Waals surface area contributed by atoms with Crippen LogP contribution in [0.15, 0.2) is 16.7 Å². The predicted octanol–water partition coefficient (Wildman–Crippen LogP) is 4.27. The number of H-pyrrole nitrogens is 1. The van der Waals surface area contributed by atoms with Crippen molar-refractivity contribution in [3.63, 3.8) is 0 Å². The van der Waals surface area contributed by atoms with Gasteiger partial charge in [0.25, 0.3) is 0 Å². The van der Waals surface area contributed by atoms with Gasteiger partial charge in [0, 0.05) is 11.5 Å². The fraction of sp³-hybridized carbons (Fsp3) is 0.412. The lowest BCUT2D eigenvalue weighted by Gasteiger charge is -2.05. The van der Waals surface area contributed by atoms with Crippen molar-refractivity contribution in [3.8, 4) is 11.1 Å². The van der Waals surface area contributed by atoms with Gasteiger partial charge < -0.3 is 9.51 Å². The van der Waals surface area contributed by atoms with Crippen LogP contribution in [-0.2, 0) is 6.42 Å². The van der Waals surface area contributed by atoms with Crippen molar-refractivity contribution in [2.75, 3.05) is 0 Å². The topological polar surface area (TPSA) is 54.7 Å². The number of aryl methyl sites for hydroxylation is 3. The first-order valence-corrected chi connectivity index (χ1v) is 7.63. The zero-order valence-electron chi connectivity index (χ0n) is 12.7.